The molecule has 3 aromatic carbocycles. The molecular weight excluding hydrogens is 388 g/mol. The molecule has 0 aliphatic carbocycles. The molecule has 1 N–H and O–H groups in total. The minimum absolute atomic E-state index is 0.0845. The number of anilines is 2. The maximum atomic E-state index is 12.9. The molecule has 0 radical (unpaired) electrons. The first-order chi connectivity index (χ1) is 13.9. The third-order valence-corrected chi connectivity index (χ3v) is 6.04. The molecular formula is C22H22N2O4S. The van der Waals surface area contributed by atoms with E-state index in [9.17, 15) is 13.2 Å². The number of carbonyl (C=O) groups excluding carboxylic acids is 1. The molecule has 0 aromatic heterocycles. The Hall–Kier alpha value is -3.32. The van der Waals surface area contributed by atoms with Gasteiger partial charge in [-0.2, -0.15) is 0 Å². The molecule has 0 fully saturated rings. The molecule has 3 rings (SSSR count). The first-order valence-corrected chi connectivity index (χ1v) is 10.4. The van der Waals surface area contributed by atoms with Gasteiger partial charge in [0.1, 0.15) is 5.75 Å². The summed E-state index contributed by atoms with van der Waals surface area (Å²) in [6.07, 6.45) is 0. The van der Waals surface area contributed by atoms with Gasteiger partial charge in [-0.25, -0.2) is 8.42 Å². The van der Waals surface area contributed by atoms with Crippen molar-refractivity contribution in [3.63, 3.8) is 0 Å². The lowest BCUT2D eigenvalue weighted by atomic mass is 10.2. The number of nitrogens with one attached hydrogen (secondary N) is 1. The standard InChI is InChI=1S/C22H22N2O4S/c1-17-8-6-12-20(14-17)28-16-22(25)23-18-9-7-13-21(15-18)29(26,27)24(2)19-10-4-3-5-11-19/h3-15H,16H2,1-2H3,(H,23,25). The van der Waals surface area contributed by atoms with Crippen molar-refractivity contribution in [2.75, 3.05) is 23.3 Å². The number of amides is 1. The number of hydrogen-bond donors (Lipinski definition) is 1. The molecule has 0 saturated heterocycles. The number of nitrogens with zero attached hydrogens (tertiary/aromatic N) is 1. The predicted molar refractivity (Wildman–Crippen MR) is 114 cm³/mol. The van der Waals surface area contributed by atoms with Gasteiger partial charge in [-0.05, 0) is 55.0 Å². The van der Waals surface area contributed by atoms with Crippen molar-refractivity contribution in [2.24, 2.45) is 0 Å². The molecule has 0 spiro atoms. The van der Waals surface area contributed by atoms with Crippen molar-refractivity contribution in [3.05, 3.63) is 84.4 Å². The van der Waals surface area contributed by atoms with E-state index in [1.807, 2.05) is 31.2 Å². The molecule has 150 valence electrons. The fourth-order valence-corrected chi connectivity index (χ4v) is 3.96. The first kappa shape index (κ1) is 20.4. The number of benzene rings is 3. The Bertz CT molecular complexity index is 1100. The fourth-order valence-electron chi connectivity index (χ4n) is 2.72. The van der Waals surface area contributed by atoms with Gasteiger partial charge in [-0.15, -0.1) is 0 Å². The number of aryl methyl sites for hydroxylation is 1. The molecule has 3 aromatic rings. The van der Waals surface area contributed by atoms with Crippen LogP contribution in [0, 0.1) is 6.92 Å². The summed E-state index contributed by atoms with van der Waals surface area (Å²) in [5.41, 5.74) is 1.96. The number of rotatable bonds is 7. The van der Waals surface area contributed by atoms with Gasteiger partial charge in [0.25, 0.3) is 15.9 Å². The molecule has 0 unspecified atom stereocenters. The van der Waals surface area contributed by atoms with Crippen molar-refractivity contribution in [1.29, 1.82) is 0 Å². The van der Waals surface area contributed by atoms with Crippen LogP contribution in [0.2, 0.25) is 0 Å². The summed E-state index contributed by atoms with van der Waals surface area (Å²) >= 11 is 0. The van der Waals surface area contributed by atoms with E-state index in [1.54, 1.807) is 42.5 Å². The van der Waals surface area contributed by atoms with E-state index in [1.165, 1.54) is 23.5 Å². The summed E-state index contributed by atoms with van der Waals surface area (Å²) in [5, 5.41) is 2.67. The number of hydrogen-bond acceptors (Lipinski definition) is 4. The zero-order chi connectivity index (χ0) is 20.9. The Balaban J connectivity index is 1.69. The van der Waals surface area contributed by atoms with Crippen LogP contribution in [0.4, 0.5) is 11.4 Å². The van der Waals surface area contributed by atoms with Crippen molar-refractivity contribution >= 4 is 27.3 Å². The molecule has 0 aliphatic heterocycles. The Morgan fingerprint density at radius 3 is 2.41 bits per heavy atom. The molecule has 0 atom stereocenters. The van der Waals surface area contributed by atoms with Gasteiger partial charge >= 0.3 is 0 Å². The molecule has 0 aliphatic rings. The lowest BCUT2D eigenvalue weighted by Crippen LogP contribution is -2.26. The van der Waals surface area contributed by atoms with Gasteiger partial charge < -0.3 is 10.1 Å². The van der Waals surface area contributed by atoms with Gasteiger partial charge in [0.15, 0.2) is 6.61 Å². The molecule has 0 bridgehead atoms. The SMILES string of the molecule is Cc1cccc(OCC(=O)Nc2cccc(S(=O)(=O)N(C)c3ccccc3)c2)c1. The minimum atomic E-state index is -3.76. The third kappa shape index (κ3) is 5.14. The Morgan fingerprint density at radius 1 is 0.966 bits per heavy atom. The molecule has 0 heterocycles. The van der Waals surface area contributed by atoms with Crippen LogP contribution in [0.1, 0.15) is 5.56 Å². The van der Waals surface area contributed by atoms with E-state index >= 15 is 0 Å². The quantitative estimate of drug-likeness (QED) is 0.642. The summed E-state index contributed by atoms with van der Waals surface area (Å²) in [6.45, 7) is 1.76. The lowest BCUT2D eigenvalue weighted by molar-refractivity contribution is -0.118. The largest absolute Gasteiger partial charge is 0.484 e. The highest BCUT2D eigenvalue weighted by Crippen LogP contribution is 2.23. The Morgan fingerprint density at radius 2 is 1.69 bits per heavy atom. The van der Waals surface area contributed by atoms with Gasteiger partial charge in [-0.3, -0.25) is 9.10 Å². The van der Waals surface area contributed by atoms with Gasteiger partial charge in [0, 0.05) is 12.7 Å². The lowest BCUT2D eigenvalue weighted by Gasteiger charge is -2.19. The van der Waals surface area contributed by atoms with E-state index < -0.39 is 10.0 Å². The van der Waals surface area contributed by atoms with E-state index in [4.69, 9.17) is 4.74 Å². The maximum absolute atomic E-state index is 12.9. The van der Waals surface area contributed by atoms with Crippen LogP contribution in [0.15, 0.2) is 83.8 Å². The smallest absolute Gasteiger partial charge is 0.264 e. The Kier molecular flexibility index (Phi) is 6.19. The predicted octanol–water partition coefficient (Wildman–Crippen LogP) is 3.84. The van der Waals surface area contributed by atoms with Crippen molar-refractivity contribution < 1.29 is 17.9 Å². The molecule has 0 saturated carbocycles. The zero-order valence-electron chi connectivity index (χ0n) is 16.2. The van der Waals surface area contributed by atoms with Crippen LogP contribution in [0.5, 0.6) is 5.75 Å². The highest BCUT2D eigenvalue weighted by molar-refractivity contribution is 7.92. The average molecular weight is 410 g/mol. The van der Waals surface area contributed by atoms with Crippen LogP contribution < -0.4 is 14.4 Å². The second-order valence-electron chi connectivity index (χ2n) is 6.49. The maximum Gasteiger partial charge on any atom is 0.264 e. The van der Waals surface area contributed by atoms with Crippen LogP contribution in [-0.4, -0.2) is 28.0 Å². The van der Waals surface area contributed by atoms with Crippen molar-refractivity contribution in [3.8, 4) is 5.75 Å². The number of sulfonamides is 1. The van der Waals surface area contributed by atoms with Crippen LogP contribution in [0.25, 0.3) is 0 Å². The summed E-state index contributed by atoms with van der Waals surface area (Å²) in [7, 11) is -2.27. The number of ether oxygens (including phenoxy) is 1. The second kappa shape index (κ2) is 8.79. The zero-order valence-corrected chi connectivity index (χ0v) is 17.0. The molecule has 6 nitrogen and oxygen atoms in total. The first-order valence-electron chi connectivity index (χ1n) is 8.99. The van der Waals surface area contributed by atoms with Crippen LogP contribution >= 0.6 is 0 Å². The Labute approximate surface area is 170 Å². The highest BCUT2D eigenvalue weighted by atomic mass is 32.2. The second-order valence-corrected chi connectivity index (χ2v) is 8.46. The third-order valence-electron chi connectivity index (χ3n) is 4.26. The molecule has 29 heavy (non-hydrogen) atoms. The normalized spacial score (nSPS) is 11.0. The van der Waals surface area contributed by atoms with Crippen LogP contribution in [-0.2, 0) is 14.8 Å². The number of para-hydroxylation sites is 1. The summed E-state index contributed by atoms with van der Waals surface area (Å²) in [5.74, 6) is 0.221. The fraction of sp³-hybridized carbons (Fsp3) is 0.136. The topological polar surface area (TPSA) is 75.7 Å². The molecule has 7 heteroatoms. The number of carbonyl (C=O) groups is 1. The van der Waals surface area contributed by atoms with Crippen molar-refractivity contribution in [2.45, 2.75) is 11.8 Å². The van der Waals surface area contributed by atoms with E-state index in [0.29, 0.717) is 17.1 Å². The van der Waals surface area contributed by atoms with Crippen molar-refractivity contribution in [1.82, 2.24) is 0 Å². The summed E-state index contributed by atoms with van der Waals surface area (Å²) in [4.78, 5) is 12.3. The van der Waals surface area contributed by atoms with Gasteiger partial charge in [0.05, 0.1) is 10.6 Å². The monoisotopic (exact) mass is 410 g/mol. The van der Waals surface area contributed by atoms with Crippen LogP contribution in [0.3, 0.4) is 0 Å². The molecule has 1 amide bonds. The summed E-state index contributed by atoms with van der Waals surface area (Å²) < 4.78 is 32.5. The highest BCUT2D eigenvalue weighted by Gasteiger charge is 2.21. The van der Waals surface area contributed by atoms with E-state index in [0.717, 1.165) is 5.56 Å². The van der Waals surface area contributed by atoms with Gasteiger partial charge in [0.2, 0.25) is 0 Å². The summed E-state index contributed by atoms with van der Waals surface area (Å²) in [6, 6.07) is 22.3. The van der Waals surface area contributed by atoms with Gasteiger partial charge in [-0.1, -0.05) is 36.4 Å². The minimum Gasteiger partial charge on any atom is -0.484 e. The van der Waals surface area contributed by atoms with E-state index in [2.05, 4.69) is 5.32 Å². The van der Waals surface area contributed by atoms with E-state index in [-0.39, 0.29) is 17.4 Å². The average Bonchev–Trinajstić information content (AvgIpc) is 2.72.